The highest BCUT2D eigenvalue weighted by Crippen LogP contribution is 2.34. The molecule has 3 N–H and O–H groups in total. The number of fused-ring (bicyclic) bond motifs is 1. The number of halogens is 1. The van der Waals surface area contributed by atoms with E-state index in [1.807, 2.05) is 66.7 Å². The summed E-state index contributed by atoms with van der Waals surface area (Å²) in [6.45, 7) is 0. The van der Waals surface area contributed by atoms with E-state index in [0.29, 0.717) is 23.0 Å². The minimum Gasteiger partial charge on any atom is -0.329 e. The molecule has 164 valence electrons. The highest BCUT2D eigenvalue weighted by molar-refractivity contribution is 7.18. The second-order valence-corrected chi connectivity index (χ2v) is 8.77. The fourth-order valence-electron chi connectivity index (χ4n) is 3.44. The van der Waals surface area contributed by atoms with Crippen molar-refractivity contribution in [2.24, 2.45) is 0 Å². The normalized spacial score (nSPS) is 10.9. The van der Waals surface area contributed by atoms with Gasteiger partial charge in [-0.05, 0) is 36.2 Å². The summed E-state index contributed by atoms with van der Waals surface area (Å²) in [5, 5.41) is 24.4. The number of aromatic amines is 1. The van der Waals surface area contributed by atoms with E-state index in [1.165, 1.54) is 11.3 Å². The molecule has 0 spiro atoms. The molecule has 2 heterocycles. The molecule has 1 amide bonds. The van der Waals surface area contributed by atoms with Crippen molar-refractivity contribution in [2.45, 2.75) is 12.8 Å². The van der Waals surface area contributed by atoms with E-state index in [2.05, 4.69) is 31.0 Å². The molecule has 9 heteroatoms. The molecule has 0 radical (unpaired) electrons. The highest BCUT2D eigenvalue weighted by atomic mass is 35.5. The fraction of sp³-hybridized carbons (Fsp3) is 0.0833. The smallest absolute Gasteiger partial charge is 0.224 e. The Bertz CT molecular complexity index is 1420. The maximum Gasteiger partial charge on any atom is 0.224 e. The number of H-pyrrole nitrogens is 1. The standard InChI is InChI=1S/C24H19ClN6OS/c25-22-18-14-26-29-19(18)10-11-20(22)28-24-31-30-23(33-24)16-7-4-8-17(13-16)27-21(32)12-9-15-5-2-1-3-6-15/h1-8,10-11,13-14H,9,12H2,(H,26,29)(H,27,32)(H,28,31). The van der Waals surface area contributed by atoms with E-state index in [1.54, 1.807) is 6.20 Å². The Hall–Kier alpha value is -3.75. The molecule has 5 aromatic rings. The van der Waals surface area contributed by atoms with Crippen LogP contribution < -0.4 is 10.6 Å². The lowest BCUT2D eigenvalue weighted by molar-refractivity contribution is -0.116. The van der Waals surface area contributed by atoms with Crippen LogP contribution in [0.5, 0.6) is 0 Å². The van der Waals surface area contributed by atoms with E-state index >= 15 is 0 Å². The van der Waals surface area contributed by atoms with Gasteiger partial charge < -0.3 is 10.6 Å². The number of benzene rings is 3. The molecule has 0 fully saturated rings. The topological polar surface area (TPSA) is 95.6 Å². The Morgan fingerprint density at radius 3 is 2.79 bits per heavy atom. The number of hydrogen-bond acceptors (Lipinski definition) is 6. The molecule has 0 aliphatic carbocycles. The Kier molecular flexibility index (Phi) is 6.01. The van der Waals surface area contributed by atoms with Crippen molar-refractivity contribution >= 4 is 56.3 Å². The van der Waals surface area contributed by atoms with Crippen LogP contribution in [0.3, 0.4) is 0 Å². The van der Waals surface area contributed by atoms with E-state index in [4.69, 9.17) is 11.6 Å². The molecule has 0 unspecified atom stereocenters. The summed E-state index contributed by atoms with van der Waals surface area (Å²) in [6, 6.07) is 21.3. The second-order valence-electron chi connectivity index (χ2n) is 7.41. The molecule has 3 aromatic carbocycles. The van der Waals surface area contributed by atoms with Crippen LogP contribution in [-0.4, -0.2) is 26.3 Å². The van der Waals surface area contributed by atoms with Crippen molar-refractivity contribution in [3.8, 4) is 10.6 Å². The summed E-state index contributed by atoms with van der Waals surface area (Å²) < 4.78 is 0. The van der Waals surface area contributed by atoms with Crippen molar-refractivity contribution in [1.29, 1.82) is 0 Å². The third kappa shape index (κ3) is 4.87. The lowest BCUT2D eigenvalue weighted by Gasteiger charge is -2.07. The summed E-state index contributed by atoms with van der Waals surface area (Å²) in [5.74, 6) is -0.0279. The van der Waals surface area contributed by atoms with Gasteiger partial charge in [-0.25, -0.2) is 0 Å². The van der Waals surface area contributed by atoms with Gasteiger partial charge in [0.25, 0.3) is 0 Å². The van der Waals surface area contributed by atoms with Crippen LogP contribution in [-0.2, 0) is 11.2 Å². The second kappa shape index (κ2) is 9.40. The molecular formula is C24H19ClN6OS. The maximum atomic E-state index is 12.4. The van der Waals surface area contributed by atoms with E-state index in [0.717, 1.165) is 38.4 Å². The quantitative estimate of drug-likeness (QED) is 0.267. The number of anilines is 3. The summed E-state index contributed by atoms with van der Waals surface area (Å²) >= 11 is 7.89. The molecule has 2 aromatic heterocycles. The van der Waals surface area contributed by atoms with Gasteiger partial charge in [0.1, 0.15) is 5.01 Å². The van der Waals surface area contributed by atoms with Crippen molar-refractivity contribution in [3.63, 3.8) is 0 Å². The van der Waals surface area contributed by atoms with Gasteiger partial charge >= 0.3 is 0 Å². The van der Waals surface area contributed by atoms with Crippen LogP contribution in [0.25, 0.3) is 21.5 Å². The van der Waals surface area contributed by atoms with Crippen LogP contribution in [0, 0.1) is 0 Å². The largest absolute Gasteiger partial charge is 0.329 e. The Morgan fingerprint density at radius 2 is 1.91 bits per heavy atom. The van der Waals surface area contributed by atoms with Crippen LogP contribution in [0.15, 0.2) is 72.9 Å². The molecule has 0 saturated carbocycles. The highest BCUT2D eigenvalue weighted by Gasteiger charge is 2.12. The maximum absolute atomic E-state index is 12.4. The van der Waals surface area contributed by atoms with Gasteiger partial charge in [0.05, 0.1) is 22.4 Å². The third-order valence-electron chi connectivity index (χ3n) is 5.10. The van der Waals surface area contributed by atoms with Crippen LogP contribution in [0.2, 0.25) is 5.02 Å². The molecule has 0 saturated heterocycles. The molecule has 0 atom stereocenters. The number of nitrogens with one attached hydrogen (secondary N) is 3. The predicted octanol–water partition coefficient (Wildman–Crippen LogP) is 6.05. The monoisotopic (exact) mass is 474 g/mol. The number of rotatable bonds is 7. The van der Waals surface area contributed by atoms with Gasteiger partial charge in [0.15, 0.2) is 0 Å². The first-order chi connectivity index (χ1) is 16.2. The number of aromatic nitrogens is 4. The van der Waals surface area contributed by atoms with Gasteiger partial charge in [0.2, 0.25) is 11.0 Å². The van der Waals surface area contributed by atoms with Gasteiger partial charge in [0, 0.05) is 23.1 Å². The number of carbonyl (C=O) groups excluding carboxylic acids is 1. The number of carbonyl (C=O) groups is 1. The number of nitrogens with zero attached hydrogens (tertiary/aromatic N) is 3. The SMILES string of the molecule is O=C(CCc1ccccc1)Nc1cccc(-c2nnc(Nc3ccc4[nH]ncc4c3Cl)s2)c1. The lowest BCUT2D eigenvalue weighted by Crippen LogP contribution is -2.12. The first-order valence-corrected chi connectivity index (χ1v) is 11.5. The van der Waals surface area contributed by atoms with Gasteiger partial charge in [-0.2, -0.15) is 5.10 Å². The van der Waals surface area contributed by atoms with Crippen molar-refractivity contribution in [2.75, 3.05) is 10.6 Å². The van der Waals surface area contributed by atoms with E-state index in [9.17, 15) is 4.79 Å². The average Bonchev–Trinajstić information content (AvgIpc) is 3.51. The molecular weight excluding hydrogens is 456 g/mol. The predicted molar refractivity (Wildman–Crippen MR) is 133 cm³/mol. The number of hydrogen-bond donors (Lipinski definition) is 3. The average molecular weight is 475 g/mol. The van der Waals surface area contributed by atoms with Crippen LogP contribution >= 0.6 is 22.9 Å². The first kappa shape index (κ1) is 21.1. The molecule has 7 nitrogen and oxygen atoms in total. The van der Waals surface area contributed by atoms with Crippen molar-refractivity contribution in [1.82, 2.24) is 20.4 Å². The molecule has 0 aliphatic rings. The first-order valence-electron chi connectivity index (χ1n) is 10.3. The van der Waals surface area contributed by atoms with E-state index < -0.39 is 0 Å². The fourth-order valence-corrected chi connectivity index (χ4v) is 4.45. The van der Waals surface area contributed by atoms with E-state index in [-0.39, 0.29) is 5.91 Å². The minimum atomic E-state index is -0.0279. The molecule has 5 rings (SSSR count). The van der Waals surface area contributed by atoms with Crippen LogP contribution in [0.1, 0.15) is 12.0 Å². The zero-order chi connectivity index (χ0) is 22.6. The van der Waals surface area contributed by atoms with Gasteiger partial charge in [-0.1, -0.05) is 65.4 Å². The number of aryl methyl sites for hydroxylation is 1. The summed E-state index contributed by atoms with van der Waals surface area (Å²) in [5.41, 5.74) is 4.34. The minimum absolute atomic E-state index is 0.0279. The molecule has 0 aliphatic heterocycles. The van der Waals surface area contributed by atoms with Crippen molar-refractivity contribution < 1.29 is 4.79 Å². The lowest BCUT2D eigenvalue weighted by atomic mass is 10.1. The Morgan fingerprint density at radius 1 is 1.03 bits per heavy atom. The zero-order valence-corrected chi connectivity index (χ0v) is 19.0. The van der Waals surface area contributed by atoms with Gasteiger partial charge in [-0.15, -0.1) is 10.2 Å². The Labute approximate surface area is 198 Å². The molecule has 0 bridgehead atoms. The summed E-state index contributed by atoms with van der Waals surface area (Å²) in [4.78, 5) is 12.4. The summed E-state index contributed by atoms with van der Waals surface area (Å²) in [7, 11) is 0. The third-order valence-corrected chi connectivity index (χ3v) is 6.40. The van der Waals surface area contributed by atoms with Gasteiger partial charge in [-0.3, -0.25) is 9.89 Å². The Balaban J connectivity index is 1.26. The molecule has 33 heavy (non-hydrogen) atoms. The van der Waals surface area contributed by atoms with Crippen molar-refractivity contribution in [3.05, 3.63) is 83.5 Å². The summed E-state index contributed by atoms with van der Waals surface area (Å²) in [6.07, 6.45) is 2.81. The van der Waals surface area contributed by atoms with Crippen LogP contribution in [0.4, 0.5) is 16.5 Å². The number of amides is 1. The zero-order valence-electron chi connectivity index (χ0n) is 17.4.